The summed E-state index contributed by atoms with van der Waals surface area (Å²) in [4.78, 5) is 0. The second-order valence-electron chi connectivity index (χ2n) is 3.91. The lowest BCUT2D eigenvalue weighted by molar-refractivity contribution is 0.138. The van der Waals surface area contributed by atoms with Crippen LogP contribution in [0.4, 0.5) is 0 Å². The van der Waals surface area contributed by atoms with E-state index in [-0.39, 0.29) is 5.60 Å². The van der Waals surface area contributed by atoms with Gasteiger partial charge in [-0.3, -0.25) is 0 Å². The van der Waals surface area contributed by atoms with E-state index < -0.39 is 0 Å². The molecule has 0 spiro atoms. The molecule has 1 aromatic carbocycles. The van der Waals surface area contributed by atoms with E-state index in [1.165, 1.54) is 5.56 Å². The molecule has 0 saturated carbocycles. The summed E-state index contributed by atoms with van der Waals surface area (Å²) in [5.41, 5.74) is 1.98. The molecule has 1 heterocycles. The van der Waals surface area contributed by atoms with E-state index in [0.29, 0.717) is 0 Å². The lowest BCUT2D eigenvalue weighted by Crippen LogP contribution is -2.24. The van der Waals surface area contributed by atoms with Gasteiger partial charge in [-0.1, -0.05) is 17.6 Å². The summed E-state index contributed by atoms with van der Waals surface area (Å²) in [6, 6.07) is 5.81. The van der Waals surface area contributed by atoms with E-state index in [1.54, 1.807) is 0 Å². The molecule has 0 N–H and O–H groups in total. The van der Waals surface area contributed by atoms with Crippen molar-refractivity contribution in [1.29, 1.82) is 0 Å². The first-order valence-corrected chi connectivity index (χ1v) is 4.14. The molecule has 0 aliphatic carbocycles. The molecule has 0 aromatic heterocycles. The Kier molecular flexibility index (Phi) is 1.47. The van der Waals surface area contributed by atoms with Gasteiger partial charge in [-0.15, -0.1) is 0 Å². The second-order valence-corrected chi connectivity index (χ2v) is 3.91. The van der Waals surface area contributed by atoms with Crippen LogP contribution in [-0.2, 0) is 6.42 Å². The third-order valence-corrected chi connectivity index (χ3v) is 2.09. The number of hydrogen-bond donors (Lipinski definition) is 0. The van der Waals surface area contributed by atoms with Crippen LogP contribution >= 0.6 is 0 Å². The van der Waals surface area contributed by atoms with Crippen molar-refractivity contribution >= 4 is 13.3 Å². The van der Waals surface area contributed by atoms with Gasteiger partial charge in [0, 0.05) is 6.42 Å². The Bertz CT molecular complexity index is 318. The third kappa shape index (κ3) is 1.22. The van der Waals surface area contributed by atoms with Crippen LogP contribution in [0.1, 0.15) is 19.4 Å². The first-order valence-electron chi connectivity index (χ1n) is 4.14. The van der Waals surface area contributed by atoms with Crippen LogP contribution in [0.25, 0.3) is 0 Å². The van der Waals surface area contributed by atoms with Gasteiger partial charge in [-0.2, -0.15) is 0 Å². The molecule has 0 atom stereocenters. The molecule has 0 saturated heterocycles. The van der Waals surface area contributed by atoms with E-state index in [9.17, 15) is 0 Å². The predicted molar refractivity (Wildman–Crippen MR) is 50.2 cm³/mol. The monoisotopic (exact) mass is 158 g/mol. The molecular weight excluding hydrogens is 147 g/mol. The summed E-state index contributed by atoms with van der Waals surface area (Å²) in [6.45, 7) is 4.17. The first-order chi connectivity index (χ1) is 5.57. The maximum Gasteiger partial charge on any atom is 0.123 e. The lowest BCUT2D eigenvalue weighted by Gasteiger charge is -2.16. The zero-order chi connectivity index (χ0) is 8.77. The SMILES string of the molecule is [B]c1ccc2c(c1)CC(C)(C)O2. The number of ether oxygens (including phenoxy) is 1. The van der Waals surface area contributed by atoms with Crippen molar-refractivity contribution in [2.24, 2.45) is 0 Å². The van der Waals surface area contributed by atoms with E-state index >= 15 is 0 Å². The molecule has 0 unspecified atom stereocenters. The molecule has 0 bridgehead atoms. The van der Waals surface area contributed by atoms with Gasteiger partial charge in [0.15, 0.2) is 0 Å². The third-order valence-electron chi connectivity index (χ3n) is 2.09. The number of hydrogen-bond acceptors (Lipinski definition) is 1. The van der Waals surface area contributed by atoms with Crippen LogP contribution in [0.3, 0.4) is 0 Å². The normalized spacial score (nSPS) is 18.5. The van der Waals surface area contributed by atoms with E-state index in [2.05, 4.69) is 13.8 Å². The highest BCUT2D eigenvalue weighted by Crippen LogP contribution is 2.33. The van der Waals surface area contributed by atoms with Crippen molar-refractivity contribution in [1.82, 2.24) is 0 Å². The van der Waals surface area contributed by atoms with Gasteiger partial charge in [0.2, 0.25) is 0 Å². The summed E-state index contributed by atoms with van der Waals surface area (Å²) >= 11 is 0. The van der Waals surface area contributed by atoms with Gasteiger partial charge in [0.05, 0.1) is 0 Å². The molecule has 2 heteroatoms. The zero-order valence-corrected chi connectivity index (χ0v) is 7.42. The van der Waals surface area contributed by atoms with Crippen LogP contribution in [0.15, 0.2) is 18.2 Å². The topological polar surface area (TPSA) is 9.23 Å². The maximum atomic E-state index is 5.69. The van der Waals surface area contributed by atoms with Crippen LogP contribution in [0.5, 0.6) is 5.75 Å². The molecule has 1 aliphatic heterocycles. The number of rotatable bonds is 0. The Morgan fingerprint density at radius 3 is 2.92 bits per heavy atom. The van der Waals surface area contributed by atoms with E-state index in [4.69, 9.17) is 12.6 Å². The summed E-state index contributed by atoms with van der Waals surface area (Å²) in [6.07, 6.45) is 0.952. The minimum atomic E-state index is -0.0594. The van der Waals surface area contributed by atoms with Gasteiger partial charge in [-0.05, 0) is 25.5 Å². The van der Waals surface area contributed by atoms with Crippen LogP contribution in [0, 0.1) is 0 Å². The largest absolute Gasteiger partial charge is 0.487 e. The molecule has 12 heavy (non-hydrogen) atoms. The first kappa shape index (κ1) is 7.72. The Morgan fingerprint density at radius 2 is 2.17 bits per heavy atom. The number of benzene rings is 1. The fraction of sp³-hybridized carbons (Fsp3) is 0.400. The fourth-order valence-electron chi connectivity index (χ4n) is 1.63. The Balaban J connectivity index is 2.43. The van der Waals surface area contributed by atoms with Crippen molar-refractivity contribution in [3.63, 3.8) is 0 Å². The minimum absolute atomic E-state index is 0.0594. The van der Waals surface area contributed by atoms with E-state index in [1.807, 2.05) is 18.2 Å². The molecule has 2 radical (unpaired) electrons. The van der Waals surface area contributed by atoms with Crippen molar-refractivity contribution < 1.29 is 4.74 Å². The molecule has 0 amide bonds. The molecule has 0 fully saturated rings. The van der Waals surface area contributed by atoms with Gasteiger partial charge in [-0.25, -0.2) is 0 Å². The average molecular weight is 158 g/mol. The molecule has 1 aliphatic rings. The van der Waals surface area contributed by atoms with Crippen molar-refractivity contribution in [2.45, 2.75) is 25.9 Å². The smallest absolute Gasteiger partial charge is 0.123 e. The van der Waals surface area contributed by atoms with Crippen LogP contribution < -0.4 is 10.2 Å². The summed E-state index contributed by atoms with van der Waals surface area (Å²) in [5, 5.41) is 0. The zero-order valence-electron chi connectivity index (χ0n) is 7.42. The lowest BCUT2D eigenvalue weighted by atomic mass is 9.92. The summed E-state index contributed by atoms with van der Waals surface area (Å²) in [5.74, 6) is 0.981. The fourth-order valence-corrected chi connectivity index (χ4v) is 1.63. The summed E-state index contributed by atoms with van der Waals surface area (Å²) < 4.78 is 5.69. The molecule has 1 nitrogen and oxygen atoms in total. The standard InChI is InChI=1S/C10H11BO/c1-10(2)6-7-5-8(11)3-4-9(7)12-10/h3-5H,6H2,1-2H3. The molecule has 1 aromatic rings. The highest BCUT2D eigenvalue weighted by Gasteiger charge is 2.29. The Labute approximate surface area is 74.2 Å². The van der Waals surface area contributed by atoms with Crippen molar-refractivity contribution in [2.75, 3.05) is 0 Å². The Morgan fingerprint density at radius 1 is 1.42 bits per heavy atom. The number of fused-ring (bicyclic) bond motifs is 1. The highest BCUT2D eigenvalue weighted by atomic mass is 16.5. The minimum Gasteiger partial charge on any atom is -0.487 e. The van der Waals surface area contributed by atoms with E-state index in [0.717, 1.165) is 17.6 Å². The molecule has 2 rings (SSSR count). The average Bonchev–Trinajstić information content (AvgIpc) is 2.21. The molecule has 60 valence electrons. The maximum absolute atomic E-state index is 5.69. The Hall–Kier alpha value is -0.915. The summed E-state index contributed by atoms with van der Waals surface area (Å²) in [7, 11) is 5.66. The van der Waals surface area contributed by atoms with Gasteiger partial charge < -0.3 is 4.74 Å². The molecular formula is C10H11BO. The van der Waals surface area contributed by atoms with Crippen LogP contribution in [0.2, 0.25) is 0 Å². The quantitative estimate of drug-likeness (QED) is 0.515. The second kappa shape index (κ2) is 2.29. The van der Waals surface area contributed by atoms with Gasteiger partial charge >= 0.3 is 0 Å². The van der Waals surface area contributed by atoms with Gasteiger partial charge in [0.25, 0.3) is 0 Å². The van der Waals surface area contributed by atoms with Gasteiger partial charge in [0.1, 0.15) is 19.2 Å². The predicted octanol–water partition coefficient (Wildman–Crippen LogP) is 1.19. The van der Waals surface area contributed by atoms with Crippen LogP contribution in [-0.4, -0.2) is 13.4 Å². The van der Waals surface area contributed by atoms with Crippen molar-refractivity contribution in [3.05, 3.63) is 23.8 Å². The van der Waals surface area contributed by atoms with Crippen molar-refractivity contribution in [3.8, 4) is 5.75 Å². The highest BCUT2D eigenvalue weighted by molar-refractivity contribution is 6.32.